The van der Waals surface area contributed by atoms with Crippen LogP contribution in [0.4, 0.5) is 0 Å². The van der Waals surface area contributed by atoms with E-state index in [9.17, 15) is 5.26 Å². The molecule has 0 amide bonds. The SMILES string of the molecule is Cc1ccc(-c2cc(CCC(N)[C@@H]3CC4CCN3CC4)nc(C#N)n2)cc1C. The van der Waals surface area contributed by atoms with Crippen LogP contribution in [0.5, 0.6) is 0 Å². The second kappa shape index (κ2) is 7.98. The number of hydrogen-bond donors (Lipinski definition) is 1. The van der Waals surface area contributed by atoms with Gasteiger partial charge < -0.3 is 5.73 Å². The van der Waals surface area contributed by atoms with Crippen LogP contribution in [0.25, 0.3) is 11.3 Å². The number of nitriles is 1. The Labute approximate surface area is 167 Å². The van der Waals surface area contributed by atoms with Crippen LogP contribution in [0.3, 0.4) is 0 Å². The van der Waals surface area contributed by atoms with E-state index >= 15 is 0 Å². The van der Waals surface area contributed by atoms with E-state index in [0.717, 1.165) is 35.7 Å². The van der Waals surface area contributed by atoms with Gasteiger partial charge in [-0.05, 0) is 88.2 Å². The second-order valence-corrected chi connectivity index (χ2v) is 8.46. The Hall–Kier alpha value is -2.29. The molecule has 1 unspecified atom stereocenters. The molecule has 5 nitrogen and oxygen atoms in total. The molecule has 1 aromatic carbocycles. The van der Waals surface area contributed by atoms with Gasteiger partial charge in [-0.25, -0.2) is 9.97 Å². The smallest absolute Gasteiger partial charge is 0.232 e. The molecule has 3 aliphatic rings. The van der Waals surface area contributed by atoms with Gasteiger partial charge in [-0.1, -0.05) is 12.1 Å². The number of aryl methyl sites for hydroxylation is 3. The van der Waals surface area contributed by atoms with Crippen molar-refractivity contribution < 1.29 is 0 Å². The summed E-state index contributed by atoms with van der Waals surface area (Å²) in [5.74, 6) is 1.10. The summed E-state index contributed by atoms with van der Waals surface area (Å²) in [4.78, 5) is 11.4. The summed E-state index contributed by atoms with van der Waals surface area (Å²) in [6, 6.07) is 11.1. The minimum atomic E-state index is 0.161. The van der Waals surface area contributed by atoms with E-state index in [1.165, 1.54) is 43.5 Å². The lowest BCUT2D eigenvalue weighted by atomic mass is 9.80. The highest BCUT2D eigenvalue weighted by Gasteiger charge is 2.36. The van der Waals surface area contributed by atoms with Gasteiger partial charge >= 0.3 is 0 Å². The van der Waals surface area contributed by atoms with E-state index in [2.05, 4.69) is 53.0 Å². The number of rotatable bonds is 5. The molecule has 2 aromatic rings. The van der Waals surface area contributed by atoms with Gasteiger partial charge in [0.2, 0.25) is 5.82 Å². The summed E-state index contributed by atoms with van der Waals surface area (Å²) in [5, 5.41) is 9.38. The number of nitrogens with zero attached hydrogens (tertiary/aromatic N) is 4. The lowest BCUT2D eigenvalue weighted by molar-refractivity contribution is 0.0345. The first-order valence-corrected chi connectivity index (χ1v) is 10.4. The van der Waals surface area contributed by atoms with Crippen LogP contribution < -0.4 is 5.73 Å². The summed E-state index contributed by atoms with van der Waals surface area (Å²) in [6.07, 6.45) is 5.58. The molecule has 2 N–H and O–H groups in total. The van der Waals surface area contributed by atoms with Crippen molar-refractivity contribution in [3.05, 3.63) is 46.9 Å². The third-order valence-electron chi connectivity index (χ3n) is 6.60. The largest absolute Gasteiger partial charge is 0.326 e. The van der Waals surface area contributed by atoms with Crippen molar-refractivity contribution in [3.8, 4) is 17.3 Å². The average molecular weight is 376 g/mol. The van der Waals surface area contributed by atoms with Crippen molar-refractivity contribution >= 4 is 0 Å². The van der Waals surface area contributed by atoms with Crippen LogP contribution >= 0.6 is 0 Å². The summed E-state index contributed by atoms with van der Waals surface area (Å²) < 4.78 is 0. The standard InChI is InChI=1S/C23H29N5/c1-15-3-4-18(11-16(15)2)21-13-19(26-23(14-24)27-21)5-6-20(25)22-12-17-7-9-28(22)10-8-17/h3-4,11,13,17,20,22H,5-10,12,25H2,1-2H3/t20?,22-/m0/s1. The molecule has 4 heterocycles. The highest BCUT2D eigenvalue weighted by atomic mass is 15.2. The maximum atomic E-state index is 9.38. The fraction of sp³-hybridized carbons (Fsp3) is 0.522. The maximum absolute atomic E-state index is 9.38. The van der Waals surface area contributed by atoms with E-state index < -0.39 is 0 Å². The molecule has 5 heteroatoms. The molecule has 146 valence electrons. The summed E-state index contributed by atoms with van der Waals surface area (Å²) in [6.45, 7) is 6.59. The van der Waals surface area contributed by atoms with Gasteiger partial charge in [-0.3, -0.25) is 4.90 Å². The topological polar surface area (TPSA) is 78.8 Å². The van der Waals surface area contributed by atoms with Gasteiger partial charge in [0.05, 0.1) is 5.69 Å². The average Bonchev–Trinajstić information content (AvgIpc) is 2.74. The van der Waals surface area contributed by atoms with Crippen molar-refractivity contribution in [1.29, 1.82) is 5.26 Å². The lowest BCUT2D eigenvalue weighted by Gasteiger charge is -2.47. The lowest BCUT2D eigenvalue weighted by Crippen LogP contribution is -2.56. The fourth-order valence-corrected chi connectivity index (χ4v) is 4.69. The Bertz CT molecular complexity index is 892. The fourth-order valence-electron chi connectivity index (χ4n) is 4.69. The van der Waals surface area contributed by atoms with Crippen molar-refractivity contribution in [2.75, 3.05) is 13.1 Å². The zero-order chi connectivity index (χ0) is 19.7. The summed E-state index contributed by atoms with van der Waals surface area (Å²) in [5.41, 5.74) is 11.8. The Kier molecular flexibility index (Phi) is 5.43. The first-order valence-electron chi connectivity index (χ1n) is 10.4. The predicted molar refractivity (Wildman–Crippen MR) is 111 cm³/mol. The van der Waals surface area contributed by atoms with E-state index in [1.807, 2.05) is 6.07 Å². The van der Waals surface area contributed by atoms with Crippen molar-refractivity contribution in [2.24, 2.45) is 11.7 Å². The maximum Gasteiger partial charge on any atom is 0.232 e. The van der Waals surface area contributed by atoms with Crippen molar-refractivity contribution in [1.82, 2.24) is 14.9 Å². The van der Waals surface area contributed by atoms with Crippen LogP contribution in [0.2, 0.25) is 0 Å². The Morgan fingerprint density at radius 1 is 1.18 bits per heavy atom. The molecule has 0 saturated carbocycles. The molecule has 0 radical (unpaired) electrons. The molecular weight excluding hydrogens is 346 g/mol. The third-order valence-corrected chi connectivity index (χ3v) is 6.60. The number of nitrogens with two attached hydrogens (primary N) is 1. The van der Waals surface area contributed by atoms with Crippen LogP contribution in [0.15, 0.2) is 24.3 Å². The van der Waals surface area contributed by atoms with Gasteiger partial charge in [-0.2, -0.15) is 5.26 Å². The molecule has 1 aromatic heterocycles. The zero-order valence-electron chi connectivity index (χ0n) is 16.9. The molecular formula is C23H29N5. The normalized spacial score (nSPS) is 24.7. The van der Waals surface area contributed by atoms with E-state index in [0.29, 0.717) is 6.04 Å². The Balaban J connectivity index is 1.50. The number of benzene rings is 1. The van der Waals surface area contributed by atoms with Crippen LogP contribution in [-0.2, 0) is 6.42 Å². The highest BCUT2D eigenvalue weighted by molar-refractivity contribution is 5.61. The van der Waals surface area contributed by atoms with Gasteiger partial charge in [0, 0.05) is 23.3 Å². The van der Waals surface area contributed by atoms with E-state index in [-0.39, 0.29) is 11.9 Å². The zero-order valence-corrected chi connectivity index (χ0v) is 16.9. The quantitative estimate of drug-likeness (QED) is 0.867. The number of aromatic nitrogens is 2. The first kappa shape index (κ1) is 19.0. The third kappa shape index (κ3) is 3.94. The first-order chi connectivity index (χ1) is 13.5. The van der Waals surface area contributed by atoms with Crippen molar-refractivity contribution in [3.63, 3.8) is 0 Å². The molecule has 0 aliphatic carbocycles. The summed E-state index contributed by atoms with van der Waals surface area (Å²) in [7, 11) is 0. The molecule has 2 bridgehead atoms. The van der Waals surface area contributed by atoms with Crippen LogP contribution in [0, 0.1) is 31.1 Å². The second-order valence-electron chi connectivity index (χ2n) is 8.46. The number of hydrogen-bond acceptors (Lipinski definition) is 5. The predicted octanol–water partition coefficient (Wildman–Crippen LogP) is 3.38. The summed E-state index contributed by atoms with van der Waals surface area (Å²) >= 11 is 0. The van der Waals surface area contributed by atoms with E-state index in [4.69, 9.17) is 5.73 Å². The Morgan fingerprint density at radius 2 is 1.96 bits per heavy atom. The highest BCUT2D eigenvalue weighted by Crippen LogP contribution is 2.33. The molecule has 5 rings (SSSR count). The van der Waals surface area contributed by atoms with Gasteiger partial charge in [0.25, 0.3) is 0 Å². The van der Waals surface area contributed by atoms with Gasteiger partial charge in [0.15, 0.2) is 0 Å². The minimum absolute atomic E-state index is 0.161. The molecule has 28 heavy (non-hydrogen) atoms. The minimum Gasteiger partial charge on any atom is -0.326 e. The van der Waals surface area contributed by atoms with Gasteiger partial charge in [-0.15, -0.1) is 0 Å². The molecule has 2 atom stereocenters. The Morgan fingerprint density at radius 3 is 2.61 bits per heavy atom. The molecule has 3 aliphatic heterocycles. The van der Waals surface area contributed by atoms with Crippen LogP contribution in [-0.4, -0.2) is 40.0 Å². The molecule has 0 spiro atoms. The number of fused-ring (bicyclic) bond motifs is 3. The van der Waals surface area contributed by atoms with E-state index in [1.54, 1.807) is 0 Å². The monoisotopic (exact) mass is 375 g/mol. The van der Waals surface area contributed by atoms with Gasteiger partial charge in [0.1, 0.15) is 6.07 Å². The van der Waals surface area contributed by atoms with Crippen molar-refractivity contribution in [2.45, 2.75) is 58.0 Å². The molecule has 3 fully saturated rings. The van der Waals surface area contributed by atoms with Crippen LogP contribution in [0.1, 0.15) is 48.3 Å². The molecule has 3 saturated heterocycles. The number of piperidine rings is 3.